The van der Waals surface area contributed by atoms with Crippen LogP contribution in [0.15, 0.2) is 60.9 Å². The zero-order valence-corrected chi connectivity index (χ0v) is 22.6. The van der Waals surface area contributed by atoms with Crippen LogP contribution in [0.1, 0.15) is 12.0 Å². The predicted molar refractivity (Wildman–Crippen MR) is 149 cm³/mol. The molecular formula is C30H32N4O5. The van der Waals surface area contributed by atoms with Gasteiger partial charge in [0.15, 0.2) is 11.5 Å². The lowest BCUT2D eigenvalue weighted by atomic mass is 9.98. The van der Waals surface area contributed by atoms with Crippen LogP contribution in [0.3, 0.4) is 0 Å². The molecule has 3 aromatic carbocycles. The first kappa shape index (κ1) is 26.1. The summed E-state index contributed by atoms with van der Waals surface area (Å²) in [5.74, 6) is 1.93. The second kappa shape index (κ2) is 11.1. The Labute approximate surface area is 227 Å². The van der Waals surface area contributed by atoms with E-state index in [0.29, 0.717) is 42.7 Å². The molecule has 5 rings (SSSR count). The highest BCUT2D eigenvalue weighted by Crippen LogP contribution is 2.41. The van der Waals surface area contributed by atoms with E-state index in [1.807, 2.05) is 43.4 Å². The topological polar surface area (TPSA) is 94.9 Å². The van der Waals surface area contributed by atoms with Crippen LogP contribution in [0.2, 0.25) is 0 Å². The van der Waals surface area contributed by atoms with Gasteiger partial charge in [0.2, 0.25) is 23.5 Å². The summed E-state index contributed by atoms with van der Waals surface area (Å²) in [6.07, 6.45) is 4.34. The van der Waals surface area contributed by atoms with Crippen molar-refractivity contribution in [3.8, 4) is 28.4 Å². The van der Waals surface area contributed by atoms with Crippen molar-refractivity contribution in [1.82, 2.24) is 14.5 Å². The number of anilines is 1. The molecule has 0 aliphatic carbocycles. The minimum absolute atomic E-state index is 0.0238. The molecule has 1 N–H and O–H groups in total. The number of ether oxygens (including phenoxy) is 3. The number of nitrogens with one attached hydrogen (secondary N) is 1. The Bertz CT molecular complexity index is 1500. The van der Waals surface area contributed by atoms with Gasteiger partial charge in [-0.1, -0.05) is 30.3 Å². The standard InChI is InChI=1S/C30H32N4O5/c1-33-12-10-31-30(33)32-29(36)23-9-11-34(18-23)27(35)14-19-5-6-21-15-22(8-7-20(21)13-19)24-16-25(37-2)28(39-4)26(17-24)38-3/h5-8,10,12-13,15-17,23H,9,11,14,18H2,1-4H3,(H,31,32,36). The summed E-state index contributed by atoms with van der Waals surface area (Å²) in [6, 6.07) is 16.1. The van der Waals surface area contributed by atoms with Gasteiger partial charge in [0, 0.05) is 32.5 Å². The summed E-state index contributed by atoms with van der Waals surface area (Å²) in [5, 5.41) is 4.96. The van der Waals surface area contributed by atoms with E-state index in [2.05, 4.69) is 22.4 Å². The number of aryl methyl sites for hydroxylation is 1. The highest BCUT2D eigenvalue weighted by Gasteiger charge is 2.31. The van der Waals surface area contributed by atoms with E-state index in [9.17, 15) is 9.59 Å². The van der Waals surface area contributed by atoms with Crippen LogP contribution in [0.5, 0.6) is 17.2 Å². The van der Waals surface area contributed by atoms with Gasteiger partial charge in [-0.3, -0.25) is 14.9 Å². The minimum Gasteiger partial charge on any atom is -0.493 e. The van der Waals surface area contributed by atoms with Crippen LogP contribution >= 0.6 is 0 Å². The van der Waals surface area contributed by atoms with Crippen LogP contribution < -0.4 is 19.5 Å². The van der Waals surface area contributed by atoms with Crippen molar-refractivity contribution in [2.24, 2.45) is 13.0 Å². The Hall–Kier alpha value is -4.53. The average Bonchev–Trinajstić information content (AvgIpc) is 3.61. The molecule has 9 heteroatoms. The van der Waals surface area contributed by atoms with Gasteiger partial charge in [-0.15, -0.1) is 0 Å². The molecule has 1 aliphatic rings. The number of aromatic nitrogens is 2. The second-order valence-corrected chi connectivity index (χ2v) is 9.66. The molecule has 0 spiro atoms. The Morgan fingerprint density at radius 3 is 2.33 bits per heavy atom. The van der Waals surface area contributed by atoms with Gasteiger partial charge in [0.1, 0.15) is 0 Å². The van der Waals surface area contributed by atoms with E-state index in [1.165, 1.54) is 0 Å². The number of rotatable bonds is 8. The number of hydrogen-bond acceptors (Lipinski definition) is 6. The Balaban J connectivity index is 1.27. The van der Waals surface area contributed by atoms with Crippen molar-refractivity contribution < 1.29 is 23.8 Å². The lowest BCUT2D eigenvalue weighted by molar-refractivity contribution is -0.129. The quantitative estimate of drug-likeness (QED) is 0.367. The molecule has 1 unspecified atom stereocenters. The Morgan fingerprint density at radius 1 is 0.949 bits per heavy atom. The fourth-order valence-corrected chi connectivity index (χ4v) is 5.02. The van der Waals surface area contributed by atoms with E-state index in [4.69, 9.17) is 14.2 Å². The second-order valence-electron chi connectivity index (χ2n) is 9.66. The molecule has 2 amide bonds. The molecule has 1 atom stereocenters. The molecule has 0 saturated carbocycles. The normalized spacial score (nSPS) is 14.9. The largest absolute Gasteiger partial charge is 0.493 e. The first-order valence-electron chi connectivity index (χ1n) is 12.8. The number of amides is 2. The van der Waals surface area contributed by atoms with E-state index in [0.717, 1.165) is 27.5 Å². The van der Waals surface area contributed by atoms with Crippen LogP contribution in [0.25, 0.3) is 21.9 Å². The summed E-state index contributed by atoms with van der Waals surface area (Å²) >= 11 is 0. The van der Waals surface area contributed by atoms with Gasteiger partial charge < -0.3 is 23.7 Å². The number of carbonyl (C=O) groups excluding carboxylic acids is 2. The maximum Gasteiger partial charge on any atom is 0.231 e. The predicted octanol–water partition coefficient (Wildman–Crippen LogP) is 4.30. The third-order valence-corrected chi connectivity index (χ3v) is 7.23. The number of nitrogens with zero attached hydrogens (tertiary/aromatic N) is 3. The maximum atomic E-state index is 13.0. The first-order valence-corrected chi connectivity index (χ1v) is 12.8. The Kier molecular flexibility index (Phi) is 7.40. The Morgan fingerprint density at radius 2 is 1.67 bits per heavy atom. The minimum atomic E-state index is -0.240. The third kappa shape index (κ3) is 5.38. The molecule has 39 heavy (non-hydrogen) atoms. The zero-order chi connectivity index (χ0) is 27.5. The van der Waals surface area contributed by atoms with Gasteiger partial charge in [0.05, 0.1) is 33.7 Å². The summed E-state index contributed by atoms with van der Waals surface area (Å²) in [7, 11) is 6.61. The first-order chi connectivity index (χ1) is 18.9. The fraction of sp³-hybridized carbons (Fsp3) is 0.300. The highest BCUT2D eigenvalue weighted by atomic mass is 16.5. The lowest BCUT2D eigenvalue weighted by Crippen LogP contribution is -2.32. The third-order valence-electron chi connectivity index (χ3n) is 7.23. The monoisotopic (exact) mass is 528 g/mol. The summed E-state index contributed by atoms with van der Waals surface area (Å²) < 4.78 is 18.2. The highest BCUT2D eigenvalue weighted by molar-refractivity contribution is 5.93. The van der Waals surface area contributed by atoms with Gasteiger partial charge in [-0.25, -0.2) is 4.98 Å². The molecule has 1 saturated heterocycles. The SMILES string of the molecule is COc1cc(-c2ccc3cc(CC(=O)N4CCC(C(=O)Nc5nccn5C)C4)ccc3c2)cc(OC)c1OC. The number of methoxy groups -OCH3 is 3. The van der Waals surface area contributed by atoms with Crippen molar-refractivity contribution in [3.63, 3.8) is 0 Å². The maximum absolute atomic E-state index is 13.0. The van der Waals surface area contributed by atoms with Crippen molar-refractivity contribution in [3.05, 3.63) is 66.5 Å². The van der Waals surface area contributed by atoms with Gasteiger partial charge in [0.25, 0.3) is 0 Å². The van der Waals surface area contributed by atoms with Crippen LogP contribution in [0.4, 0.5) is 5.95 Å². The molecule has 9 nitrogen and oxygen atoms in total. The molecule has 4 aromatic rings. The molecule has 0 bridgehead atoms. The van der Waals surface area contributed by atoms with E-state index in [1.54, 1.807) is 43.2 Å². The molecule has 202 valence electrons. The average molecular weight is 529 g/mol. The summed E-state index contributed by atoms with van der Waals surface area (Å²) in [6.45, 7) is 0.990. The lowest BCUT2D eigenvalue weighted by Gasteiger charge is -2.17. The van der Waals surface area contributed by atoms with E-state index in [-0.39, 0.29) is 24.2 Å². The van der Waals surface area contributed by atoms with Crippen molar-refractivity contribution in [2.45, 2.75) is 12.8 Å². The molecule has 2 heterocycles. The number of benzene rings is 3. The smallest absolute Gasteiger partial charge is 0.231 e. The van der Waals surface area contributed by atoms with E-state index >= 15 is 0 Å². The molecule has 0 radical (unpaired) electrons. The zero-order valence-electron chi connectivity index (χ0n) is 22.6. The van der Waals surface area contributed by atoms with Crippen LogP contribution in [-0.2, 0) is 23.1 Å². The number of carbonyl (C=O) groups is 2. The molecule has 1 aliphatic heterocycles. The van der Waals surface area contributed by atoms with Crippen molar-refractivity contribution >= 4 is 28.5 Å². The van der Waals surface area contributed by atoms with E-state index < -0.39 is 0 Å². The fourth-order valence-electron chi connectivity index (χ4n) is 5.02. The number of imidazole rings is 1. The van der Waals surface area contributed by atoms with Crippen molar-refractivity contribution in [2.75, 3.05) is 39.7 Å². The number of likely N-dealkylation sites (tertiary alicyclic amines) is 1. The number of hydrogen-bond donors (Lipinski definition) is 1. The van der Waals surface area contributed by atoms with Crippen LogP contribution in [-0.4, -0.2) is 60.7 Å². The van der Waals surface area contributed by atoms with Gasteiger partial charge in [-0.2, -0.15) is 0 Å². The number of fused-ring (bicyclic) bond motifs is 1. The van der Waals surface area contributed by atoms with Gasteiger partial charge >= 0.3 is 0 Å². The molecular weight excluding hydrogens is 496 g/mol. The molecule has 1 aromatic heterocycles. The van der Waals surface area contributed by atoms with Crippen molar-refractivity contribution in [1.29, 1.82) is 0 Å². The van der Waals surface area contributed by atoms with Crippen LogP contribution in [0, 0.1) is 5.92 Å². The molecule has 1 fully saturated rings. The van der Waals surface area contributed by atoms with Gasteiger partial charge in [-0.05, 0) is 52.1 Å². The summed E-state index contributed by atoms with van der Waals surface area (Å²) in [5.41, 5.74) is 2.90. The summed E-state index contributed by atoms with van der Waals surface area (Å²) in [4.78, 5) is 31.6.